The number of esters is 1. The van der Waals surface area contributed by atoms with Crippen molar-refractivity contribution in [3.05, 3.63) is 29.2 Å². The van der Waals surface area contributed by atoms with Gasteiger partial charge in [0.25, 0.3) is 0 Å². The molecule has 0 amide bonds. The molecule has 0 aliphatic carbocycles. The first-order valence-corrected chi connectivity index (χ1v) is 10.5. The molecule has 0 aromatic carbocycles. The first-order chi connectivity index (χ1) is 8.67. The van der Waals surface area contributed by atoms with Gasteiger partial charge in [0.1, 0.15) is 0 Å². The molecular formula is C11H14InN3O3. The minimum absolute atomic E-state index is 0.321. The molecule has 0 atom stereocenters. The van der Waals surface area contributed by atoms with E-state index < -0.39 is 29.3 Å². The van der Waals surface area contributed by atoms with Gasteiger partial charge >= 0.3 is 116 Å². The van der Waals surface area contributed by atoms with Crippen LogP contribution in [0.15, 0.2) is 12.3 Å². The van der Waals surface area contributed by atoms with Gasteiger partial charge in [-0.15, -0.1) is 0 Å². The molecule has 0 unspecified atom stereocenters. The fraction of sp³-hybridized carbons (Fsp3) is 0.364. The number of aromatic nitrogens is 3. The van der Waals surface area contributed by atoms with Gasteiger partial charge < -0.3 is 0 Å². The van der Waals surface area contributed by atoms with Crippen LogP contribution in [0.5, 0.6) is 0 Å². The monoisotopic (exact) mass is 351 g/mol. The van der Waals surface area contributed by atoms with Gasteiger partial charge in [-0.2, -0.15) is 0 Å². The van der Waals surface area contributed by atoms with Crippen LogP contribution in [-0.4, -0.2) is 53.7 Å². The van der Waals surface area contributed by atoms with Crippen molar-refractivity contribution in [2.75, 3.05) is 6.61 Å². The summed E-state index contributed by atoms with van der Waals surface area (Å²) in [7, 11) is 0. The summed E-state index contributed by atoms with van der Waals surface area (Å²) < 4.78 is 16.4. The van der Waals surface area contributed by atoms with Gasteiger partial charge in [0.15, 0.2) is 0 Å². The second-order valence-electron chi connectivity index (χ2n) is 3.88. The Balaban J connectivity index is 2.52. The molecule has 0 fully saturated rings. The quantitative estimate of drug-likeness (QED) is 0.789. The third-order valence-corrected chi connectivity index (χ3v) is 4.67. The van der Waals surface area contributed by atoms with E-state index >= 15 is 0 Å². The third-order valence-electron chi connectivity index (χ3n) is 2.57. The SMILES string of the molecule is CCOC(=O)c1cnn2c(C)cc([CH2][InH][OH])nc12. The Labute approximate surface area is 116 Å². The number of rotatable bonds is 4. The van der Waals surface area contributed by atoms with Crippen LogP contribution in [0.2, 0.25) is 0 Å². The number of fused-ring (bicyclic) bond motifs is 1. The van der Waals surface area contributed by atoms with E-state index in [1.807, 2.05) is 13.0 Å². The van der Waals surface area contributed by atoms with E-state index in [2.05, 4.69) is 10.1 Å². The Morgan fingerprint density at radius 3 is 3.06 bits per heavy atom. The molecule has 2 aromatic heterocycles. The Morgan fingerprint density at radius 1 is 1.61 bits per heavy atom. The second-order valence-corrected chi connectivity index (χ2v) is 6.58. The number of carbonyl (C=O) groups excluding carboxylic acids is 1. The first-order valence-electron chi connectivity index (χ1n) is 5.79. The van der Waals surface area contributed by atoms with E-state index in [4.69, 9.17) is 7.96 Å². The summed E-state index contributed by atoms with van der Waals surface area (Å²) in [6, 6.07) is 1.89. The van der Waals surface area contributed by atoms with Crippen LogP contribution in [0.1, 0.15) is 28.7 Å². The molecule has 18 heavy (non-hydrogen) atoms. The molecule has 1 N–H and O–H groups in total. The summed E-state index contributed by atoms with van der Waals surface area (Å²) in [5.74, 6) is -0.413. The summed E-state index contributed by atoms with van der Waals surface area (Å²) >= 11 is -1.67. The van der Waals surface area contributed by atoms with Crippen molar-refractivity contribution >= 4 is 35.0 Å². The van der Waals surface area contributed by atoms with Crippen molar-refractivity contribution in [3.63, 3.8) is 0 Å². The van der Waals surface area contributed by atoms with Gasteiger partial charge in [-0.05, 0) is 0 Å². The van der Waals surface area contributed by atoms with Crippen molar-refractivity contribution in [2.24, 2.45) is 0 Å². The number of carbonyl (C=O) groups is 1. The van der Waals surface area contributed by atoms with Crippen molar-refractivity contribution in [3.8, 4) is 0 Å². The molecular weight excluding hydrogens is 337 g/mol. The van der Waals surface area contributed by atoms with Gasteiger partial charge in [0, 0.05) is 0 Å². The van der Waals surface area contributed by atoms with Crippen molar-refractivity contribution in [1.82, 2.24) is 14.6 Å². The Kier molecular flexibility index (Phi) is 4.23. The normalized spacial score (nSPS) is 10.6. The van der Waals surface area contributed by atoms with E-state index in [0.29, 0.717) is 22.0 Å². The van der Waals surface area contributed by atoms with Gasteiger partial charge in [-0.25, -0.2) is 0 Å². The Hall–Kier alpha value is -1.08. The molecule has 0 spiro atoms. The van der Waals surface area contributed by atoms with Crippen LogP contribution in [0.4, 0.5) is 0 Å². The zero-order chi connectivity index (χ0) is 13.1. The maximum atomic E-state index is 11.7. The molecule has 2 aromatic rings. The van der Waals surface area contributed by atoms with Crippen molar-refractivity contribution < 1.29 is 12.8 Å². The molecule has 94 valence electrons. The van der Waals surface area contributed by atoms with E-state index in [1.165, 1.54) is 6.20 Å². The molecule has 0 saturated carbocycles. The van der Waals surface area contributed by atoms with Crippen LogP contribution < -0.4 is 0 Å². The average molecular weight is 351 g/mol. The van der Waals surface area contributed by atoms with Crippen LogP contribution in [0.3, 0.4) is 0 Å². The zero-order valence-corrected chi connectivity index (χ0v) is 14.4. The molecule has 6 nitrogen and oxygen atoms in total. The van der Waals surface area contributed by atoms with Crippen LogP contribution in [-0.2, 0) is 8.91 Å². The molecule has 0 aliphatic rings. The summed E-state index contributed by atoms with van der Waals surface area (Å²) in [5.41, 5.74) is 2.59. The first kappa shape index (κ1) is 13.4. The molecule has 0 radical (unpaired) electrons. The summed E-state index contributed by atoms with van der Waals surface area (Å²) in [6.45, 7) is 3.98. The summed E-state index contributed by atoms with van der Waals surface area (Å²) in [5, 5.41) is 4.13. The Morgan fingerprint density at radius 2 is 2.39 bits per heavy atom. The predicted octanol–water partition coefficient (Wildman–Crippen LogP) is 0.0582. The van der Waals surface area contributed by atoms with Crippen LogP contribution in [0, 0.1) is 6.92 Å². The number of hydrogen-bond acceptors (Lipinski definition) is 5. The zero-order valence-electron chi connectivity index (χ0n) is 10.4. The Bertz CT molecular complexity index is 582. The van der Waals surface area contributed by atoms with Crippen LogP contribution >= 0.6 is 0 Å². The number of nitrogens with zero attached hydrogens (tertiary/aromatic N) is 3. The van der Waals surface area contributed by atoms with E-state index in [0.717, 1.165) is 11.4 Å². The summed E-state index contributed by atoms with van der Waals surface area (Å²) in [4.78, 5) is 16.1. The molecule has 2 rings (SSSR count). The van der Waals surface area contributed by atoms with Crippen molar-refractivity contribution in [2.45, 2.75) is 18.0 Å². The fourth-order valence-electron chi connectivity index (χ4n) is 1.77. The topological polar surface area (TPSA) is 76.7 Å². The minimum atomic E-state index is -1.67. The standard InChI is InChI=1S/C11H12N3O2.In.H2O.H/c1-4-16-11(15)9-6-12-14-8(3)5-7(2)13-10(9)14;;;/h5-6H,2,4H2,1,3H3;;1H2;/q;+1;;/p-1. The van der Waals surface area contributed by atoms with Gasteiger partial charge in [-0.1, -0.05) is 0 Å². The predicted molar refractivity (Wildman–Crippen MR) is 66.8 cm³/mol. The van der Waals surface area contributed by atoms with Crippen molar-refractivity contribution in [1.29, 1.82) is 0 Å². The molecule has 0 bridgehead atoms. The fourth-order valence-corrected chi connectivity index (χ4v) is 3.16. The number of hydrogen-bond donors (Lipinski definition) is 1. The van der Waals surface area contributed by atoms with E-state index in [1.54, 1.807) is 11.4 Å². The molecule has 0 aliphatic heterocycles. The van der Waals surface area contributed by atoms with Gasteiger partial charge in [-0.3, -0.25) is 0 Å². The summed E-state index contributed by atoms with van der Waals surface area (Å²) in [6.07, 6.45) is 1.47. The molecule has 7 heteroatoms. The second kappa shape index (κ2) is 5.71. The number of aryl methyl sites for hydroxylation is 1. The third kappa shape index (κ3) is 2.51. The van der Waals surface area contributed by atoms with Gasteiger partial charge in [0.05, 0.1) is 0 Å². The molecule has 2 heterocycles. The number of ether oxygens (including phenoxy) is 1. The maximum absolute atomic E-state index is 11.7. The van der Waals surface area contributed by atoms with Crippen LogP contribution in [0.25, 0.3) is 5.65 Å². The average Bonchev–Trinajstić information content (AvgIpc) is 2.74. The van der Waals surface area contributed by atoms with E-state index in [9.17, 15) is 4.79 Å². The van der Waals surface area contributed by atoms with E-state index in [-0.39, 0.29) is 0 Å². The van der Waals surface area contributed by atoms with Gasteiger partial charge in [0.2, 0.25) is 0 Å². The molecule has 0 saturated heterocycles.